The Kier molecular flexibility index (Phi) is 7.54. The van der Waals surface area contributed by atoms with Crippen LogP contribution in [0.5, 0.6) is 0 Å². The van der Waals surface area contributed by atoms with E-state index in [1.54, 1.807) is 0 Å². The topological polar surface area (TPSA) is 26.0 Å². The van der Waals surface area contributed by atoms with Crippen molar-refractivity contribution in [1.82, 2.24) is 0 Å². The molecule has 1 rings (SSSR count). The van der Waals surface area contributed by atoms with Crippen LogP contribution in [-0.4, -0.2) is 0 Å². The summed E-state index contributed by atoms with van der Waals surface area (Å²) in [7, 11) is 0. The fourth-order valence-electron chi connectivity index (χ4n) is 2.24. The van der Waals surface area contributed by atoms with Crippen LogP contribution in [0.2, 0.25) is 0 Å². The zero-order valence-electron chi connectivity index (χ0n) is 11.4. The van der Waals surface area contributed by atoms with Crippen LogP contribution in [0, 0.1) is 0 Å². The first kappa shape index (κ1) is 14.7. The van der Waals surface area contributed by atoms with Gasteiger partial charge in [-0.05, 0) is 29.9 Å². The maximum Gasteiger partial charge on any atom is 0.0392 e. The molecule has 1 aromatic heterocycles. The van der Waals surface area contributed by atoms with Crippen molar-refractivity contribution in [3.05, 3.63) is 21.9 Å². The van der Waals surface area contributed by atoms with Gasteiger partial charge < -0.3 is 5.73 Å². The molecule has 0 radical (unpaired) electrons. The van der Waals surface area contributed by atoms with E-state index in [0.29, 0.717) is 0 Å². The van der Waals surface area contributed by atoms with Crippen molar-refractivity contribution in [2.45, 2.75) is 71.3 Å². The molecule has 98 valence electrons. The maximum atomic E-state index is 6.27. The predicted octanol–water partition coefficient (Wildman–Crippen LogP) is 5.06. The normalized spacial score (nSPS) is 12.9. The first-order valence-corrected chi connectivity index (χ1v) is 7.99. The highest BCUT2D eigenvalue weighted by Gasteiger charge is 2.11. The van der Waals surface area contributed by atoms with E-state index < -0.39 is 0 Å². The Labute approximate surface area is 110 Å². The maximum absolute atomic E-state index is 6.27. The second-order valence-corrected chi connectivity index (χ2v) is 5.77. The fourth-order valence-corrected chi connectivity index (χ4v) is 3.28. The highest BCUT2D eigenvalue weighted by molar-refractivity contribution is 7.10. The van der Waals surface area contributed by atoms with E-state index in [9.17, 15) is 0 Å². The molecule has 0 spiro atoms. The molecule has 0 aliphatic heterocycles. The van der Waals surface area contributed by atoms with Crippen LogP contribution >= 0.6 is 11.3 Å². The Bertz CT molecular complexity index is 293. The monoisotopic (exact) mass is 253 g/mol. The van der Waals surface area contributed by atoms with Gasteiger partial charge in [-0.2, -0.15) is 0 Å². The summed E-state index contributed by atoms with van der Waals surface area (Å²) in [4.78, 5) is 1.42. The molecule has 0 saturated heterocycles. The third-order valence-electron chi connectivity index (χ3n) is 3.37. The Hall–Kier alpha value is -0.340. The Balaban J connectivity index is 2.19. The summed E-state index contributed by atoms with van der Waals surface area (Å²) < 4.78 is 0. The van der Waals surface area contributed by atoms with E-state index in [0.717, 1.165) is 12.8 Å². The average molecular weight is 253 g/mol. The minimum Gasteiger partial charge on any atom is -0.323 e. The molecule has 2 heteroatoms. The standard InChI is InChI=1S/C15H27NS/c1-3-5-6-7-8-9-10-14(16)15-13(4-2)11-12-17-15/h11-12,14H,3-10,16H2,1-2H3. The molecular weight excluding hydrogens is 226 g/mol. The van der Waals surface area contributed by atoms with Crippen molar-refractivity contribution in [1.29, 1.82) is 0 Å². The zero-order chi connectivity index (χ0) is 12.5. The first-order valence-electron chi connectivity index (χ1n) is 7.11. The third kappa shape index (κ3) is 5.22. The van der Waals surface area contributed by atoms with Gasteiger partial charge in [-0.15, -0.1) is 11.3 Å². The lowest BCUT2D eigenvalue weighted by molar-refractivity contribution is 0.549. The third-order valence-corrected chi connectivity index (χ3v) is 4.46. The van der Waals surface area contributed by atoms with E-state index in [4.69, 9.17) is 5.73 Å². The van der Waals surface area contributed by atoms with Gasteiger partial charge in [0.05, 0.1) is 0 Å². The molecule has 0 aliphatic rings. The molecule has 0 fully saturated rings. The number of rotatable bonds is 9. The second-order valence-electron chi connectivity index (χ2n) is 4.83. The summed E-state index contributed by atoms with van der Waals surface area (Å²) in [5.41, 5.74) is 7.72. The lowest BCUT2D eigenvalue weighted by Gasteiger charge is -2.11. The summed E-state index contributed by atoms with van der Waals surface area (Å²) in [5, 5.41) is 2.18. The number of thiophene rings is 1. The molecule has 1 unspecified atom stereocenters. The molecule has 0 amide bonds. The summed E-state index contributed by atoms with van der Waals surface area (Å²) in [6.07, 6.45) is 10.4. The lowest BCUT2D eigenvalue weighted by atomic mass is 10.0. The Morgan fingerprint density at radius 2 is 1.82 bits per heavy atom. The molecule has 0 aromatic carbocycles. The van der Waals surface area contributed by atoms with Gasteiger partial charge in [-0.1, -0.05) is 52.4 Å². The molecule has 2 N–H and O–H groups in total. The van der Waals surface area contributed by atoms with Crippen LogP contribution in [0.15, 0.2) is 11.4 Å². The van der Waals surface area contributed by atoms with Crippen LogP contribution in [-0.2, 0) is 6.42 Å². The molecule has 1 aromatic rings. The van der Waals surface area contributed by atoms with Crippen molar-refractivity contribution in [3.63, 3.8) is 0 Å². The lowest BCUT2D eigenvalue weighted by Crippen LogP contribution is -2.10. The first-order chi connectivity index (χ1) is 8.29. The van der Waals surface area contributed by atoms with Crippen LogP contribution in [0.3, 0.4) is 0 Å². The number of hydrogen-bond donors (Lipinski definition) is 1. The van der Waals surface area contributed by atoms with E-state index in [1.807, 2.05) is 11.3 Å². The van der Waals surface area contributed by atoms with Gasteiger partial charge in [-0.25, -0.2) is 0 Å². The van der Waals surface area contributed by atoms with Crippen molar-refractivity contribution in [2.24, 2.45) is 5.73 Å². The van der Waals surface area contributed by atoms with Crippen LogP contribution in [0.1, 0.15) is 75.3 Å². The van der Waals surface area contributed by atoms with Crippen molar-refractivity contribution in [3.8, 4) is 0 Å². The van der Waals surface area contributed by atoms with Gasteiger partial charge in [0, 0.05) is 10.9 Å². The fraction of sp³-hybridized carbons (Fsp3) is 0.733. The van der Waals surface area contributed by atoms with Crippen LogP contribution < -0.4 is 5.73 Å². The zero-order valence-corrected chi connectivity index (χ0v) is 12.2. The molecule has 1 atom stereocenters. The molecule has 0 saturated carbocycles. The summed E-state index contributed by atoms with van der Waals surface area (Å²) in [6, 6.07) is 2.50. The minimum absolute atomic E-state index is 0.274. The minimum atomic E-state index is 0.274. The van der Waals surface area contributed by atoms with Gasteiger partial charge in [0.1, 0.15) is 0 Å². The number of nitrogens with two attached hydrogens (primary N) is 1. The molecule has 17 heavy (non-hydrogen) atoms. The highest BCUT2D eigenvalue weighted by atomic mass is 32.1. The number of unbranched alkanes of at least 4 members (excludes halogenated alkanes) is 5. The van der Waals surface area contributed by atoms with Crippen molar-refractivity contribution >= 4 is 11.3 Å². The van der Waals surface area contributed by atoms with Crippen LogP contribution in [0.4, 0.5) is 0 Å². The molecule has 1 nitrogen and oxygen atoms in total. The molecule has 0 bridgehead atoms. The molecule has 1 heterocycles. The smallest absolute Gasteiger partial charge is 0.0392 e. The summed E-state index contributed by atoms with van der Waals surface area (Å²) in [6.45, 7) is 4.47. The molecular formula is C15H27NS. The second kappa shape index (κ2) is 8.71. The van der Waals surface area contributed by atoms with Crippen molar-refractivity contribution < 1.29 is 0 Å². The van der Waals surface area contributed by atoms with Gasteiger partial charge >= 0.3 is 0 Å². The summed E-state index contributed by atoms with van der Waals surface area (Å²) in [5.74, 6) is 0. The SMILES string of the molecule is CCCCCCCCC(N)c1sccc1CC. The van der Waals surface area contributed by atoms with Gasteiger partial charge in [-0.3, -0.25) is 0 Å². The van der Waals surface area contributed by atoms with E-state index in [-0.39, 0.29) is 6.04 Å². The van der Waals surface area contributed by atoms with Gasteiger partial charge in [0.15, 0.2) is 0 Å². The highest BCUT2D eigenvalue weighted by Crippen LogP contribution is 2.27. The van der Waals surface area contributed by atoms with E-state index in [1.165, 1.54) is 49.0 Å². The predicted molar refractivity (Wildman–Crippen MR) is 78.6 cm³/mol. The van der Waals surface area contributed by atoms with E-state index >= 15 is 0 Å². The quantitative estimate of drug-likeness (QED) is 0.612. The number of hydrogen-bond acceptors (Lipinski definition) is 2. The van der Waals surface area contributed by atoms with Gasteiger partial charge in [0.2, 0.25) is 0 Å². The molecule has 0 aliphatic carbocycles. The Morgan fingerprint density at radius 1 is 1.12 bits per heavy atom. The number of aryl methyl sites for hydroxylation is 1. The van der Waals surface area contributed by atoms with Crippen molar-refractivity contribution in [2.75, 3.05) is 0 Å². The van der Waals surface area contributed by atoms with Gasteiger partial charge in [0.25, 0.3) is 0 Å². The average Bonchev–Trinajstić information content (AvgIpc) is 2.81. The summed E-state index contributed by atoms with van der Waals surface area (Å²) >= 11 is 1.83. The van der Waals surface area contributed by atoms with Crippen LogP contribution in [0.25, 0.3) is 0 Å². The largest absolute Gasteiger partial charge is 0.323 e. The van der Waals surface area contributed by atoms with E-state index in [2.05, 4.69) is 25.3 Å². The Morgan fingerprint density at radius 3 is 2.53 bits per heavy atom.